The van der Waals surface area contributed by atoms with Crippen LogP contribution in [0.2, 0.25) is 0 Å². The van der Waals surface area contributed by atoms with Gasteiger partial charge in [0.2, 0.25) is 11.8 Å². The van der Waals surface area contributed by atoms with Crippen molar-refractivity contribution in [3.8, 4) is 0 Å². The van der Waals surface area contributed by atoms with Gasteiger partial charge in [-0.25, -0.2) is 0 Å². The van der Waals surface area contributed by atoms with E-state index in [0.29, 0.717) is 6.42 Å². The minimum atomic E-state index is -0.960. The lowest BCUT2D eigenvalue weighted by Gasteiger charge is -2.39. The normalized spacial score (nSPS) is 36.5. The highest BCUT2D eigenvalue weighted by Gasteiger charge is 2.43. The molecule has 0 radical (unpaired) electrons. The van der Waals surface area contributed by atoms with Crippen LogP contribution in [0.25, 0.3) is 0 Å². The second-order valence-electron chi connectivity index (χ2n) is 6.86. The first-order chi connectivity index (χ1) is 9.68. The van der Waals surface area contributed by atoms with E-state index < -0.39 is 17.6 Å². The number of hydrogen-bond donors (Lipinski definition) is 3. The number of ketones is 1. The third kappa shape index (κ3) is 3.89. The quantitative estimate of drug-likeness (QED) is 0.644. The Morgan fingerprint density at radius 1 is 1.24 bits per heavy atom. The highest BCUT2D eigenvalue weighted by Crippen LogP contribution is 2.37. The van der Waals surface area contributed by atoms with Crippen LogP contribution in [0.5, 0.6) is 0 Å². The van der Waals surface area contributed by atoms with Crippen LogP contribution in [-0.4, -0.2) is 39.5 Å². The summed E-state index contributed by atoms with van der Waals surface area (Å²) in [6.45, 7) is 3.43. The Labute approximate surface area is 123 Å². The van der Waals surface area contributed by atoms with E-state index >= 15 is 0 Å². The van der Waals surface area contributed by atoms with Crippen molar-refractivity contribution in [2.24, 2.45) is 17.8 Å². The zero-order chi connectivity index (χ0) is 15.8. The summed E-state index contributed by atoms with van der Waals surface area (Å²) in [4.78, 5) is 34.9. The molecule has 2 amide bonds. The summed E-state index contributed by atoms with van der Waals surface area (Å²) in [5.74, 6) is -1.86. The summed E-state index contributed by atoms with van der Waals surface area (Å²) in [6.07, 6.45) is 0.322. The topological polar surface area (TPSA) is 104 Å². The lowest BCUT2D eigenvalue weighted by Crippen LogP contribution is -2.47. The molecule has 6 heteroatoms. The van der Waals surface area contributed by atoms with Crippen LogP contribution >= 0.6 is 0 Å². The predicted molar refractivity (Wildman–Crippen MR) is 74.0 cm³/mol. The number of imide groups is 1. The fourth-order valence-corrected chi connectivity index (χ4v) is 3.64. The number of nitrogens with one attached hydrogen (secondary N) is 1. The highest BCUT2D eigenvalue weighted by atomic mass is 16.3. The van der Waals surface area contributed by atoms with Gasteiger partial charge in [0.25, 0.3) is 0 Å². The molecule has 1 saturated heterocycles. The van der Waals surface area contributed by atoms with Crippen LogP contribution < -0.4 is 5.32 Å². The summed E-state index contributed by atoms with van der Waals surface area (Å²) in [6, 6.07) is 0. The summed E-state index contributed by atoms with van der Waals surface area (Å²) in [7, 11) is 0. The number of hydrogen-bond acceptors (Lipinski definition) is 5. The molecule has 1 unspecified atom stereocenters. The standard InChI is InChI=1S/C15H23NO5/c1-8-6-15(2,21)7-10(14(8)20)11(17)3-9-4-12(18)16-13(19)5-9/h8-11,17,21H,3-7H2,1-2H3,(H,16,18,19)/t8-,10-,11?,15+/m0/s1. The number of aliphatic hydroxyl groups is 2. The molecule has 6 nitrogen and oxygen atoms in total. The summed E-state index contributed by atoms with van der Waals surface area (Å²) < 4.78 is 0. The van der Waals surface area contributed by atoms with E-state index in [9.17, 15) is 24.6 Å². The molecule has 2 fully saturated rings. The Morgan fingerprint density at radius 3 is 2.38 bits per heavy atom. The number of Topliss-reactive ketones (excluding diaryl/α,β-unsaturated/α-hetero) is 1. The van der Waals surface area contributed by atoms with Gasteiger partial charge in [0.15, 0.2) is 0 Å². The second kappa shape index (κ2) is 5.85. The van der Waals surface area contributed by atoms with Gasteiger partial charge < -0.3 is 10.2 Å². The maximum Gasteiger partial charge on any atom is 0.226 e. The van der Waals surface area contributed by atoms with E-state index in [-0.39, 0.29) is 55.1 Å². The van der Waals surface area contributed by atoms with Gasteiger partial charge in [0.1, 0.15) is 5.78 Å². The second-order valence-corrected chi connectivity index (χ2v) is 6.86. The van der Waals surface area contributed by atoms with Crippen molar-refractivity contribution in [2.45, 2.75) is 57.7 Å². The number of aliphatic hydroxyl groups excluding tert-OH is 1. The fraction of sp³-hybridized carbons (Fsp3) is 0.800. The van der Waals surface area contributed by atoms with E-state index in [2.05, 4.69) is 5.32 Å². The van der Waals surface area contributed by atoms with Gasteiger partial charge in [-0.1, -0.05) is 6.92 Å². The molecule has 1 aliphatic carbocycles. The molecular formula is C15H23NO5. The van der Waals surface area contributed by atoms with Crippen molar-refractivity contribution in [2.75, 3.05) is 0 Å². The van der Waals surface area contributed by atoms with Gasteiger partial charge in [-0.3, -0.25) is 19.7 Å². The zero-order valence-corrected chi connectivity index (χ0v) is 12.5. The largest absolute Gasteiger partial charge is 0.392 e. The molecule has 2 rings (SSSR count). The van der Waals surface area contributed by atoms with Gasteiger partial charge in [-0.15, -0.1) is 0 Å². The molecule has 0 aromatic carbocycles. The zero-order valence-electron chi connectivity index (χ0n) is 12.5. The summed E-state index contributed by atoms with van der Waals surface area (Å²) in [5.41, 5.74) is -0.960. The molecular weight excluding hydrogens is 274 g/mol. The highest BCUT2D eigenvalue weighted by molar-refractivity contribution is 5.97. The third-order valence-electron chi connectivity index (χ3n) is 4.52. The Morgan fingerprint density at radius 2 is 1.81 bits per heavy atom. The molecule has 3 N–H and O–H groups in total. The lowest BCUT2D eigenvalue weighted by molar-refractivity contribution is -0.143. The molecule has 1 saturated carbocycles. The first kappa shape index (κ1) is 16.1. The van der Waals surface area contributed by atoms with Gasteiger partial charge in [0.05, 0.1) is 11.7 Å². The third-order valence-corrected chi connectivity index (χ3v) is 4.52. The molecule has 1 heterocycles. The lowest BCUT2D eigenvalue weighted by atomic mass is 9.69. The molecule has 0 aromatic rings. The fourth-order valence-electron chi connectivity index (χ4n) is 3.64. The summed E-state index contributed by atoms with van der Waals surface area (Å²) in [5, 5.41) is 22.8. The predicted octanol–water partition coefficient (Wildman–Crippen LogP) is 0.156. The maximum atomic E-state index is 12.2. The first-order valence-electron chi connectivity index (χ1n) is 7.45. The van der Waals surface area contributed by atoms with Crippen molar-refractivity contribution in [1.82, 2.24) is 5.32 Å². The Kier molecular flexibility index (Phi) is 4.49. The van der Waals surface area contributed by atoms with Gasteiger partial charge in [-0.05, 0) is 32.1 Å². The molecule has 0 aromatic heterocycles. The first-order valence-corrected chi connectivity index (χ1v) is 7.45. The van der Waals surface area contributed by atoms with Crippen LogP contribution in [0.1, 0.15) is 46.0 Å². The summed E-state index contributed by atoms with van der Waals surface area (Å²) >= 11 is 0. The number of piperidine rings is 1. The monoisotopic (exact) mass is 297 g/mol. The molecule has 0 bridgehead atoms. The Hall–Kier alpha value is -1.27. The van der Waals surface area contributed by atoms with Crippen molar-refractivity contribution in [3.05, 3.63) is 0 Å². The molecule has 0 spiro atoms. The van der Waals surface area contributed by atoms with Crippen LogP contribution in [0.4, 0.5) is 0 Å². The van der Waals surface area contributed by atoms with Crippen LogP contribution in [0.3, 0.4) is 0 Å². The van der Waals surface area contributed by atoms with Crippen LogP contribution in [-0.2, 0) is 14.4 Å². The number of carbonyl (C=O) groups excluding carboxylic acids is 3. The van der Waals surface area contributed by atoms with Gasteiger partial charge in [-0.2, -0.15) is 0 Å². The average molecular weight is 297 g/mol. The van der Waals surface area contributed by atoms with E-state index in [0.717, 1.165) is 0 Å². The SMILES string of the molecule is C[C@H]1C[C@@](C)(O)C[C@@H](C(O)CC2CC(=O)NC(=O)C2)C1=O. The molecule has 118 valence electrons. The Balaban J connectivity index is 2.01. The maximum absolute atomic E-state index is 12.2. The molecule has 21 heavy (non-hydrogen) atoms. The van der Waals surface area contributed by atoms with Crippen molar-refractivity contribution in [1.29, 1.82) is 0 Å². The smallest absolute Gasteiger partial charge is 0.226 e. The number of rotatable bonds is 3. The van der Waals surface area contributed by atoms with E-state index in [1.54, 1.807) is 13.8 Å². The minimum absolute atomic E-state index is 0.0411. The van der Waals surface area contributed by atoms with E-state index in [1.165, 1.54) is 0 Å². The van der Waals surface area contributed by atoms with Crippen LogP contribution in [0, 0.1) is 17.8 Å². The van der Waals surface area contributed by atoms with E-state index in [4.69, 9.17) is 0 Å². The van der Waals surface area contributed by atoms with E-state index in [1.807, 2.05) is 0 Å². The molecule has 2 aliphatic rings. The van der Waals surface area contributed by atoms with Crippen molar-refractivity contribution < 1.29 is 24.6 Å². The number of amides is 2. The van der Waals surface area contributed by atoms with Crippen molar-refractivity contribution in [3.63, 3.8) is 0 Å². The minimum Gasteiger partial charge on any atom is -0.392 e. The number of carbonyl (C=O) groups is 3. The van der Waals surface area contributed by atoms with Crippen molar-refractivity contribution >= 4 is 17.6 Å². The molecule has 1 aliphatic heterocycles. The van der Waals surface area contributed by atoms with Gasteiger partial charge >= 0.3 is 0 Å². The molecule has 4 atom stereocenters. The Bertz CT molecular complexity index is 443. The van der Waals surface area contributed by atoms with Gasteiger partial charge in [0, 0.05) is 24.7 Å². The van der Waals surface area contributed by atoms with Crippen LogP contribution in [0.15, 0.2) is 0 Å². The average Bonchev–Trinajstić information content (AvgIpc) is 2.31.